The average molecular weight is 303 g/mol. The molecule has 0 heterocycles. The van der Waals surface area contributed by atoms with Gasteiger partial charge in [0.15, 0.2) is 17.4 Å². The second kappa shape index (κ2) is 6.09. The van der Waals surface area contributed by atoms with E-state index in [0.29, 0.717) is 5.56 Å². The summed E-state index contributed by atoms with van der Waals surface area (Å²) < 4.78 is 70.7. The summed E-state index contributed by atoms with van der Waals surface area (Å²) in [6.45, 7) is -0.471. The van der Waals surface area contributed by atoms with Crippen LogP contribution in [0.25, 0.3) is 0 Å². The van der Waals surface area contributed by atoms with Crippen LogP contribution in [0.15, 0.2) is 24.3 Å². The summed E-state index contributed by atoms with van der Waals surface area (Å²) in [5.74, 6) is -8.08. The molecule has 0 radical (unpaired) electrons. The van der Waals surface area contributed by atoms with Crippen LogP contribution in [0, 0.1) is 29.1 Å². The summed E-state index contributed by atoms with van der Waals surface area (Å²) in [6.07, 6.45) is 0. The third kappa shape index (κ3) is 3.13. The molecule has 0 bridgehead atoms. The molecule has 2 aromatic carbocycles. The van der Waals surface area contributed by atoms with Crippen LogP contribution >= 0.6 is 0 Å². The maximum Gasteiger partial charge on any atom is 0.203 e. The van der Waals surface area contributed by atoms with Gasteiger partial charge in [0.05, 0.1) is 0 Å². The molecule has 0 aliphatic carbocycles. The molecule has 0 spiro atoms. The van der Waals surface area contributed by atoms with E-state index in [1.807, 2.05) is 0 Å². The van der Waals surface area contributed by atoms with E-state index in [9.17, 15) is 22.0 Å². The summed E-state index contributed by atoms with van der Waals surface area (Å²) in [7, 11) is 0. The number of hydrogen-bond acceptors (Lipinski definition) is 2. The van der Waals surface area contributed by atoms with Crippen LogP contribution in [0.1, 0.15) is 11.1 Å². The Labute approximate surface area is 116 Å². The average Bonchev–Trinajstić information content (AvgIpc) is 2.46. The molecule has 7 heteroatoms. The number of benzene rings is 2. The minimum atomic E-state index is -1.63. The van der Waals surface area contributed by atoms with Crippen molar-refractivity contribution < 1.29 is 26.7 Å². The molecule has 2 aromatic rings. The number of nitrogens with two attached hydrogens (primary N) is 1. The Hall–Kier alpha value is -2.15. The Balaban J connectivity index is 2.24. The van der Waals surface area contributed by atoms with E-state index in [2.05, 4.69) is 0 Å². The van der Waals surface area contributed by atoms with Crippen molar-refractivity contribution in [3.8, 4) is 5.75 Å². The van der Waals surface area contributed by atoms with Crippen molar-refractivity contribution in [3.05, 3.63) is 64.5 Å². The van der Waals surface area contributed by atoms with E-state index in [4.69, 9.17) is 10.5 Å². The van der Waals surface area contributed by atoms with Crippen LogP contribution in [-0.2, 0) is 13.2 Å². The molecule has 2 N–H and O–H groups in total. The van der Waals surface area contributed by atoms with Gasteiger partial charge in [0.2, 0.25) is 11.6 Å². The van der Waals surface area contributed by atoms with Crippen LogP contribution in [0.3, 0.4) is 0 Å². The Bertz CT molecular complexity index is 649. The number of hydrogen-bond donors (Lipinski definition) is 1. The summed E-state index contributed by atoms with van der Waals surface area (Å²) in [4.78, 5) is 0. The van der Waals surface area contributed by atoms with Gasteiger partial charge in [-0.15, -0.1) is 0 Å². The monoisotopic (exact) mass is 303 g/mol. The van der Waals surface area contributed by atoms with Crippen molar-refractivity contribution >= 4 is 0 Å². The predicted molar refractivity (Wildman–Crippen MR) is 64.9 cm³/mol. The summed E-state index contributed by atoms with van der Waals surface area (Å²) >= 11 is 0. The number of ether oxygens (including phenoxy) is 1. The third-order valence-electron chi connectivity index (χ3n) is 2.78. The van der Waals surface area contributed by atoms with Crippen molar-refractivity contribution in [1.29, 1.82) is 0 Å². The first-order valence-corrected chi connectivity index (χ1v) is 5.87. The first kappa shape index (κ1) is 15.2. The quantitative estimate of drug-likeness (QED) is 0.694. The number of rotatable bonds is 4. The second-order valence-corrected chi connectivity index (χ2v) is 4.22. The van der Waals surface area contributed by atoms with Gasteiger partial charge in [0.25, 0.3) is 0 Å². The lowest BCUT2D eigenvalue weighted by Crippen LogP contribution is -2.06. The molecule has 0 amide bonds. The molecule has 0 fully saturated rings. The molecule has 0 saturated heterocycles. The zero-order valence-electron chi connectivity index (χ0n) is 10.6. The van der Waals surface area contributed by atoms with Gasteiger partial charge in [-0.25, -0.2) is 13.2 Å². The number of halogens is 5. The van der Waals surface area contributed by atoms with Gasteiger partial charge in [-0.05, 0) is 17.7 Å². The van der Waals surface area contributed by atoms with Crippen LogP contribution in [0.4, 0.5) is 22.0 Å². The Morgan fingerprint density at radius 2 is 1.48 bits per heavy atom. The first-order valence-electron chi connectivity index (χ1n) is 5.87. The molecule has 0 unspecified atom stereocenters. The Kier molecular flexibility index (Phi) is 4.42. The van der Waals surface area contributed by atoms with E-state index < -0.39 is 41.4 Å². The Morgan fingerprint density at radius 3 is 2.05 bits per heavy atom. The lowest BCUT2D eigenvalue weighted by Gasteiger charge is -2.10. The highest BCUT2D eigenvalue weighted by molar-refractivity contribution is 5.30. The summed E-state index contributed by atoms with van der Waals surface area (Å²) in [5.41, 5.74) is 5.85. The van der Waals surface area contributed by atoms with Gasteiger partial charge in [0.1, 0.15) is 12.4 Å². The van der Waals surface area contributed by atoms with E-state index in [-0.39, 0.29) is 18.2 Å². The van der Waals surface area contributed by atoms with Crippen molar-refractivity contribution in [2.45, 2.75) is 13.2 Å². The van der Waals surface area contributed by atoms with Crippen LogP contribution < -0.4 is 10.5 Å². The molecule has 0 aliphatic heterocycles. The topological polar surface area (TPSA) is 35.2 Å². The lowest BCUT2D eigenvalue weighted by molar-refractivity contribution is 0.261. The smallest absolute Gasteiger partial charge is 0.203 e. The molecule has 112 valence electrons. The van der Waals surface area contributed by atoms with Crippen molar-refractivity contribution in [2.24, 2.45) is 5.73 Å². The predicted octanol–water partition coefficient (Wildman–Crippen LogP) is 3.42. The van der Waals surface area contributed by atoms with Crippen LogP contribution in [0.5, 0.6) is 5.75 Å². The second-order valence-electron chi connectivity index (χ2n) is 4.22. The molecular weight excluding hydrogens is 293 g/mol. The maximum absolute atomic E-state index is 13.4. The molecule has 2 nitrogen and oxygen atoms in total. The van der Waals surface area contributed by atoms with Gasteiger partial charge in [-0.3, -0.25) is 0 Å². The minimum absolute atomic E-state index is 0.0724. The highest BCUT2D eigenvalue weighted by Gasteiger charge is 2.20. The van der Waals surface area contributed by atoms with Gasteiger partial charge in [-0.2, -0.15) is 8.78 Å². The third-order valence-corrected chi connectivity index (χ3v) is 2.78. The fraction of sp³-hybridized carbons (Fsp3) is 0.143. The highest BCUT2D eigenvalue weighted by Crippen LogP contribution is 2.27. The SMILES string of the molecule is NCc1cc(COc2c(F)c(F)cc(F)c2F)ccc1F. The summed E-state index contributed by atoms with van der Waals surface area (Å²) in [6, 6.07) is 3.84. The molecule has 0 saturated carbocycles. The Morgan fingerprint density at radius 1 is 0.857 bits per heavy atom. The van der Waals surface area contributed by atoms with Crippen molar-refractivity contribution in [3.63, 3.8) is 0 Å². The normalized spacial score (nSPS) is 10.8. The van der Waals surface area contributed by atoms with Crippen molar-refractivity contribution in [1.82, 2.24) is 0 Å². The lowest BCUT2D eigenvalue weighted by atomic mass is 10.1. The zero-order valence-corrected chi connectivity index (χ0v) is 10.6. The summed E-state index contributed by atoms with van der Waals surface area (Å²) in [5, 5.41) is 0. The van der Waals surface area contributed by atoms with Crippen LogP contribution in [0.2, 0.25) is 0 Å². The van der Waals surface area contributed by atoms with E-state index in [0.717, 1.165) is 6.07 Å². The van der Waals surface area contributed by atoms with E-state index in [1.54, 1.807) is 0 Å². The fourth-order valence-corrected chi connectivity index (χ4v) is 1.71. The zero-order chi connectivity index (χ0) is 15.6. The molecule has 0 aliphatic rings. The fourth-order valence-electron chi connectivity index (χ4n) is 1.71. The largest absolute Gasteiger partial charge is 0.483 e. The molecule has 21 heavy (non-hydrogen) atoms. The molecule has 0 aromatic heterocycles. The van der Waals surface area contributed by atoms with Gasteiger partial charge in [-0.1, -0.05) is 6.07 Å². The van der Waals surface area contributed by atoms with Gasteiger partial charge < -0.3 is 10.5 Å². The molecule has 2 rings (SSSR count). The van der Waals surface area contributed by atoms with E-state index in [1.165, 1.54) is 12.1 Å². The van der Waals surface area contributed by atoms with E-state index >= 15 is 0 Å². The molecule has 0 atom stereocenters. The molecular formula is C14H10F5NO. The van der Waals surface area contributed by atoms with Gasteiger partial charge >= 0.3 is 0 Å². The maximum atomic E-state index is 13.4. The minimum Gasteiger partial charge on any atom is -0.483 e. The first-order chi connectivity index (χ1) is 9.93. The van der Waals surface area contributed by atoms with Gasteiger partial charge in [0, 0.05) is 18.2 Å². The van der Waals surface area contributed by atoms with Crippen molar-refractivity contribution in [2.75, 3.05) is 0 Å². The highest BCUT2D eigenvalue weighted by atomic mass is 19.2. The van der Waals surface area contributed by atoms with Crippen LogP contribution in [-0.4, -0.2) is 0 Å². The standard InChI is InChI=1S/C14H10F5NO/c15-9-2-1-7(3-8(9)5-20)6-21-14-12(18)10(16)4-11(17)13(14)19/h1-4H,5-6,20H2.